The zero-order valence-electron chi connectivity index (χ0n) is 10.2. The molecule has 0 atom stereocenters. The highest BCUT2D eigenvalue weighted by Crippen LogP contribution is 2.21. The van der Waals surface area contributed by atoms with E-state index < -0.39 is 0 Å². The number of aromatic nitrogens is 2. The number of nitrogens with one attached hydrogen (secondary N) is 1. The van der Waals surface area contributed by atoms with Crippen LogP contribution in [0.5, 0.6) is 0 Å². The molecule has 2 aromatic rings. The fourth-order valence-electron chi connectivity index (χ4n) is 1.54. The molecule has 0 radical (unpaired) electrons. The molecule has 0 bridgehead atoms. The van der Waals surface area contributed by atoms with Gasteiger partial charge in [-0.05, 0) is 35.6 Å². The molecule has 0 fully saturated rings. The minimum Gasteiger partial charge on any atom is -0.399 e. The Bertz CT molecular complexity index is 565. The molecule has 94 valence electrons. The molecule has 0 unspecified atom stereocenters. The first-order valence-corrected chi connectivity index (χ1v) is 6.34. The maximum Gasteiger partial charge on any atom is 0.269 e. The standard InChI is InChI=1S/C12H14N4OS/c1-7(2)10-11(18-16-15-10)12(17)14-9-5-3-4-8(13)6-9/h3-7H,13H2,1-2H3,(H,14,17). The van der Waals surface area contributed by atoms with Gasteiger partial charge in [0.15, 0.2) is 0 Å². The zero-order chi connectivity index (χ0) is 13.1. The number of anilines is 2. The highest BCUT2D eigenvalue weighted by atomic mass is 32.1. The Morgan fingerprint density at radius 2 is 2.22 bits per heavy atom. The average molecular weight is 262 g/mol. The van der Waals surface area contributed by atoms with Gasteiger partial charge in [0.05, 0.1) is 5.69 Å². The van der Waals surface area contributed by atoms with E-state index in [2.05, 4.69) is 14.9 Å². The topological polar surface area (TPSA) is 80.9 Å². The van der Waals surface area contributed by atoms with Gasteiger partial charge in [-0.25, -0.2) is 0 Å². The number of hydrogen-bond acceptors (Lipinski definition) is 5. The second-order valence-electron chi connectivity index (χ2n) is 4.22. The number of nitrogens with two attached hydrogens (primary N) is 1. The molecule has 6 heteroatoms. The van der Waals surface area contributed by atoms with Crippen molar-refractivity contribution in [3.05, 3.63) is 34.8 Å². The van der Waals surface area contributed by atoms with Crippen LogP contribution in [0.2, 0.25) is 0 Å². The summed E-state index contributed by atoms with van der Waals surface area (Å²) < 4.78 is 3.83. The van der Waals surface area contributed by atoms with Crippen molar-refractivity contribution in [2.75, 3.05) is 11.1 Å². The predicted molar refractivity (Wildman–Crippen MR) is 72.8 cm³/mol. The predicted octanol–water partition coefficient (Wildman–Crippen LogP) is 2.50. The van der Waals surface area contributed by atoms with Crippen molar-refractivity contribution in [3.8, 4) is 0 Å². The van der Waals surface area contributed by atoms with Crippen LogP contribution in [0.15, 0.2) is 24.3 Å². The third kappa shape index (κ3) is 2.65. The maximum absolute atomic E-state index is 12.1. The molecule has 1 amide bonds. The van der Waals surface area contributed by atoms with Crippen LogP contribution >= 0.6 is 11.5 Å². The van der Waals surface area contributed by atoms with Gasteiger partial charge in [0.25, 0.3) is 5.91 Å². The third-order valence-corrected chi connectivity index (χ3v) is 3.15. The van der Waals surface area contributed by atoms with Crippen molar-refractivity contribution in [3.63, 3.8) is 0 Å². The van der Waals surface area contributed by atoms with E-state index in [-0.39, 0.29) is 11.8 Å². The van der Waals surface area contributed by atoms with Crippen LogP contribution in [0.25, 0.3) is 0 Å². The summed E-state index contributed by atoms with van der Waals surface area (Å²) in [6.45, 7) is 3.96. The number of carbonyl (C=O) groups excluding carboxylic acids is 1. The lowest BCUT2D eigenvalue weighted by atomic mass is 10.1. The Balaban J connectivity index is 2.20. The van der Waals surface area contributed by atoms with Gasteiger partial charge in [-0.1, -0.05) is 24.4 Å². The summed E-state index contributed by atoms with van der Waals surface area (Å²) in [5, 5.41) is 6.77. The fraction of sp³-hybridized carbons (Fsp3) is 0.250. The van der Waals surface area contributed by atoms with E-state index in [1.807, 2.05) is 13.8 Å². The summed E-state index contributed by atoms with van der Waals surface area (Å²) in [5.41, 5.74) is 7.66. The highest BCUT2D eigenvalue weighted by Gasteiger charge is 2.18. The Labute approximate surface area is 109 Å². The third-order valence-electron chi connectivity index (χ3n) is 2.41. The minimum atomic E-state index is -0.195. The lowest BCUT2D eigenvalue weighted by Crippen LogP contribution is -2.13. The van der Waals surface area contributed by atoms with Gasteiger partial charge >= 0.3 is 0 Å². The van der Waals surface area contributed by atoms with Gasteiger partial charge in [-0.15, -0.1) is 5.10 Å². The smallest absolute Gasteiger partial charge is 0.269 e. The largest absolute Gasteiger partial charge is 0.399 e. The molecular weight excluding hydrogens is 248 g/mol. The summed E-state index contributed by atoms with van der Waals surface area (Å²) in [4.78, 5) is 12.6. The van der Waals surface area contributed by atoms with Crippen LogP contribution < -0.4 is 11.1 Å². The molecule has 0 saturated heterocycles. The van der Waals surface area contributed by atoms with Crippen LogP contribution in [0, 0.1) is 0 Å². The summed E-state index contributed by atoms with van der Waals surface area (Å²) in [6.07, 6.45) is 0. The Morgan fingerprint density at radius 1 is 1.44 bits per heavy atom. The Hall–Kier alpha value is -1.95. The fourth-order valence-corrected chi connectivity index (χ4v) is 2.25. The molecule has 1 aromatic heterocycles. The molecule has 0 aliphatic carbocycles. The van der Waals surface area contributed by atoms with Gasteiger partial charge < -0.3 is 11.1 Å². The van der Waals surface area contributed by atoms with Crippen molar-refractivity contribution in [1.29, 1.82) is 0 Å². The van der Waals surface area contributed by atoms with Crippen LogP contribution in [-0.4, -0.2) is 15.5 Å². The summed E-state index contributed by atoms with van der Waals surface area (Å²) in [7, 11) is 0. The molecule has 0 aliphatic heterocycles. The van der Waals surface area contributed by atoms with Gasteiger partial charge in [-0.2, -0.15) is 0 Å². The second kappa shape index (κ2) is 5.14. The summed E-state index contributed by atoms with van der Waals surface area (Å²) in [5.74, 6) is -0.0235. The van der Waals surface area contributed by atoms with Crippen molar-refractivity contribution < 1.29 is 4.79 Å². The Morgan fingerprint density at radius 3 is 2.89 bits per heavy atom. The van der Waals surface area contributed by atoms with E-state index >= 15 is 0 Å². The lowest BCUT2D eigenvalue weighted by molar-refractivity contribution is 0.102. The summed E-state index contributed by atoms with van der Waals surface area (Å²) in [6, 6.07) is 7.06. The minimum absolute atomic E-state index is 0.172. The lowest BCUT2D eigenvalue weighted by Gasteiger charge is -2.06. The quantitative estimate of drug-likeness (QED) is 0.833. The van der Waals surface area contributed by atoms with Gasteiger partial charge in [-0.3, -0.25) is 4.79 Å². The van der Waals surface area contributed by atoms with Crippen molar-refractivity contribution in [2.24, 2.45) is 0 Å². The molecule has 0 aliphatic rings. The van der Waals surface area contributed by atoms with E-state index in [4.69, 9.17) is 5.73 Å². The molecule has 18 heavy (non-hydrogen) atoms. The maximum atomic E-state index is 12.1. The molecule has 5 nitrogen and oxygen atoms in total. The van der Waals surface area contributed by atoms with Crippen molar-refractivity contribution in [2.45, 2.75) is 19.8 Å². The van der Waals surface area contributed by atoms with Crippen LogP contribution in [-0.2, 0) is 0 Å². The normalized spacial score (nSPS) is 10.6. The van der Waals surface area contributed by atoms with Crippen LogP contribution in [0.4, 0.5) is 11.4 Å². The first-order chi connectivity index (χ1) is 8.58. The van der Waals surface area contributed by atoms with E-state index in [1.54, 1.807) is 24.3 Å². The molecule has 1 aromatic carbocycles. The van der Waals surface area contributed by atoms with Crippen LogP contribution in [0.3, 0.4) is 0 Å². The monoisotopic (exact) mass is 262 g/mol. The van der Waals surface area contributed by atoms with E-state index in [9.17, 15) is 4.79 Å². The van der Waals surface area contributed by atoms with Gasteiger partial charge in [0.2, 0.25) is 0 Å². The number of carbonyl (C=O) groups is 1. The molecular formula is C12H14N4OS. The number of nitrogens with zero attached hydrogens (tertiary/aromatic N) is 2. The average Bonchev–Trinajstić information content (AvgIpc) is 2.77. The van der Waals surface area contributed by atoms with E-state index in [0.29, 0.717) is 16.3 Å². The van der Waals surface area contributed by atoms with Crippen molar-refractivity contribution >= 4 is 28.8 Å². The van der Waals surface area contributed by atoms with Crippen LogP contribution in [0.1, 0.15) is 35.1 Å². The molecule has 3 N–H and O–H groups in total. The first kappa shape index (κ1) is 12.5. The number of nitrogen functional groups attached to an aromatic ring is 1. The molecule has 0 spiro atoms. The van der Waals surface area contributed by atoms with Gasteiger partial charge in [0.1, 0.15) is 4.88 Å². The molecule has 0 saturated carbocycles. The first-order valence-electron chi connectivity index (χ1n) is 5.57. The van der Waals surface area contributed by atoms with E-state index in [0.717, 1.165) is 17.2 Å². The summed E-state index contributed by atoms with van der Waals surface area (Å²) >= 11 is 1.11. The zero-order valence-corrected chi connectivity index (χ0v) is 11.0. The SMILES string of the molecule is CC(C)c1nnsc1C(=O)Nc1cccc(N)c1. The number of amides is 1. The Kier molecular flexibility index (Phi) is 3.57. The molecule has 1 heterocycles. The number of benzene rings is 1. The molecule has 2 rings (SSSR count). The van der Waals surface area contributed by atoms with Crippen molar-refractivity contribution in [1.82, 2.24) is 9.59 Å². The second-order valence-corrected chi connectivity index (χ2v) is 4.98. The highest BCUT2D eigenvalue weighted by molar-refractivity contribution is 7.08. The number of rotatable bonds is 3. The number of hydrogen-bond donors (Lipinski definition) is 2. The van der Waals surface area contributed by atoms with E-state index in [1.165, 1.54) is 0 Å². The van der Waals surface area contributed by atoms with Gasteiger partial charge in [0, 0.05) is 11.4 Å².